The summed E-state index contributed by atoms with van der Waals surface area (Å²) in [5.41, 5.74) is 0. The smallest absolute Gasteiger partial charge is 0.240 e. The molecule has 0 aliphatic carbocycles. The molecule has 1 aromatic heterocycles. The van der Waals surface area contributed by atoms with Crippen molar-refractivity contribution in [2.24, 2.45) is 0 Å². The Morgan fingerprint density at radius 1 is 1.00 bits per heavy atom. The quantitative estimate of drug-likeness (QED) is 0.766. The Hall–Kier alpha value is -2.51. The normalized spacial score (nSPS) is 18.2. The Morgan fingerprint density at radius 2 is 1.77 bits per heavy atom. The van der Waals surface area contributed by atoms with Gasteiger partial charge in [-0.3, -0.25) is 0 Å². The largest absolute Gasteiger partial charge is 0.339 e. The number of sulfonamides is 1. The van der Waals surface area contributed by atoms with Crippen molar-refractivity contribution in [3.8, 4) is 0 Å². The van der Waals surface area contributed by atoms with Gasteiger partial charge in [-0.05, 0) is 41.8 Å². The van der Waals surface area contributed by atoms with Gasteiger partial charge in [-0.15, -0.1) is 0 Å². The van der Waals surface area contributed by atoms with E-state index < -0.39 is 10.0 Å². The number of aromatic nitrogens is 2. The van der Waals surface area contributed by atoms with Crippen molar-refractivity contribution in [2.45, 2.75) is 23.8 Å². The lowest BCUT2D eigenvalue weighted by Gasteiger charge is -2.32. The standard InChI is InChI=1S/C19H20N4O2S/c24-26(25,18-9-8-15-5-1-2-6-16(15)13-18)22-17-7-3-12-23(14-17)19-20-10-4-11-21-19/h1-2,4-6,8-11,13,17,22H,3,7,12,14H2. The highest BCUT2D eigenvalue weighted by Gasteiger charge is 2.26. The number of nitrogens with zero attached hydrogens (tertiary/aromatic N) is 3. The summed E-state index contributed by atoms with van der Waals surface area (Å²) in [6, 6.07) is 14.6. The minimum absolute atomic E-state index is 0.163. The van der Waals surface area contributed by atoms with E-state index in [1.165, 1.54) is 0 Å². The second-order valence-corrected chi connectivity index (χ2v) is 8.18. The summed E-state index contributed by atoms with van der Waals surface area (Å²) >= 11 is 0. The van der Waals surface area contributed by atoms with Crippen molar-refractivity contribution in [2.75, 3.05) is 18.0 Å². The van der Waals surface area contributed by atoms with Crippen LogP contribution in [0.1, 0.15) is 12.8 Å². The molecule has 1 N–H and O–H groups in total. The van der Waals surface area contributed by atoms with Crippen LogP contribution < -0.4 is 9.62 Å². The second-order valence-electron chi connectivity index (χ2n) is 6.46. The molecule has 2 heterocycles. The molecule has 0 spiro atoms. The molecule has 1 atom stereocenters. The van der Waals surface area contributed by atoms with Crippen LogP contribution in [0.3, 0.4) is 0 Å². The predicted octanol–water partition coefficient (Wildman–Crippen LogP) is 2.58. The van der Waals surface area contributed by atoms with E-state index in [9.17, 15) is 8.42 Å². The average molecular weight is 368 g/mol. The molecule has 1 aliphatic heterocycles. The summed E-state index contributed by atoms with van der Waals surface area (Å²) < 4.78 is 28.5. The van der Waals surface area contributed by atoms with Crippen molar-refractivity contribution >= 4 is 26.7 Å². The molecule has 1 aliphatic rings. The van der Waals surface area contributed by atoms with E-state index >= 15 is 0 Å². The van der Waals surface area contributed by atoms with Gasteiger partial charge in [-0.25, -0.2) is 23.1 Å². The Labute approximate surface area is 152 Å². The maximum Gasteiger partial charge on any atom is 0.240 e. The Balaban J connectivity index is 1.53. The summed E-state index contributed by atoms with van der Waals surface area (Å²) in [4.78, 5) is 10.8. The van der Waals surface area contributed by atoms with Crippen LogP contribution in [0.25, 0.3) is 10.8 Å². The summed E-state index contributed by atoms with van der Waals surface area (Å²) in [7, 11) is -3.57. The van der Waals surface area contributed by atoms with Gasteiger partial charge in [-0.2, -0.15) is 0 Å². The minimum Gasteiger partial charge on any atom is -0.339 e. The lowest BCUT2D eigenvalue weighted by atomic mass is 10.1. The number of hydrogen-bond acceptors (Lipinski definition) is 5. The topological polar surface area (TPSA) is 75.2 Å². The highest BCUT2D eigenvalue weighted by molar-refractivity contribution is 7.89. The van der Waals surface area contributed by atoms with Crippen molar-refractivity contribution in [3.05, 3.63) is 60.9 Å². The van der Waals surface area contributed by atoms with E-state index in [0.717, 1.165) is 30.2 Å². The van der Waals surface area contributed by atoms with Gasteiger partial charge >= 0.3 is 0 Å². The van der Waals surface area contributed by atoms with E-state index in [1.807, 2.05) is 35.2 Å². The van der Waals surface area contributed by atoms with E-state index in [0.29, 0.717) is 17.4 Å². The lowest BCUT2D eigenvalue weighted by Crippen LogP contribution is -2.48. The number of anilines is 1. The van der Waals surface area contributed by atoms with Crippen LogP contribution in [0.15, 0.2) is 65.8 Å². The van der Waals surface area contributed by atoms with Crippen LogP contribution in [0, 0.1) is 0 Å². The summed E-state index contributed by atoms with van der Waals surface area (Å²) in [5.74, 6) is 0.641. The Bertz CT molecular complexity index is 1010. The zero-order valence-electron chi connectivity index (χ0n) is 14.2. The first kappa shape index (κ1) is 16.9. The first-order valence-corrected chi connectivity index (χ1v) is 10.1. The molecule has 0 radical (unpaired) electrons. The van der Waals surface area contributed by atoms with E-state index in [2.05, 4.69) is 14.7 Å². The molecule has 1 saturated heterocycles. The molecule has 0 bridgehead atoms. The van der Waals surface area contributed by atoms with Crippen molar-refractivity contribution in [1.29, 1.82) is 0 Å². The van der Waals surface area contributed by atoms with Crippen molar-refractivity contribution in [3.63, 3.8) is 0 Å². The van der Waals surface area contributed by atoms with Crippen LogP contribution in [0.5, 0.6) is 0 Å². The van der Waals surface area contributed by atoms with Crippen LogP contribution in [0.4, 0.5) is 5.95 Å². The van der Waals surface area contributed by atoms with Gasteiger partial charge in [0, 0.05) is 31.5 Å². The molecule has 6 nitrogen and oxygen atoms in total. The predicted molar refractivity (Wildman–Crippen MR) is 102 cm³/mol. The number of rotatable bonds is 4. The Kier molecular flexibility index (Phi) is 4.57. The fraction of sp³-hybridized carbons (Fsp3) is 0.263. The third kappa shape index (κ3) is 3.54. The number of benzene rings is 2. The average Bonchev–Trinajstić information content (AvgIpc) is 2.68. The van der Waals surface area contributed by atoms with Gasteiger partial charge in [0.05, 0.1) is 4.90 Å². The highest BCUT2D eigenvalue weighted by Crippen LogP contribution is 2.21. The molecular weight excluding hydrogens is 348 g/mol. The summed E-state index contributed by atoms with van der Waals surface area (Å²) in [5, 5.41) is 1.94. The molecule has 1 fully saturated rings. The number of piperidine rings is 1. The van der Waals surface area contributed by atoms with E-state index in [1.54, 1.807) is 30.6 Å². The number of nitrogens with one attached hydrogen (secondary N) is 1. The van der Waals surface area contributed by atoms with Gasteiger partial charge in [0.2, 0.25) is 16.0 Å². The van der Waals surface area contributed by atoms with E-state index in [4.69, 9.17) is 0 Å². The molecule has 0 amide bonds. The lowest BCUT2D eigenvalue weighted by molar-refractivity contribution is 0.461. The molecule has 4 rings (SSSR count). The minimum atomic E-state index is -3.57. The van der Waals surface area contributed by atoms with Crippen molar-refractivity contribution in [1.82, 2.24) is 14.7 Å². The van der Waals surface area contributed by atoms with Crippen LogP contribution in [-0.2, 0) is 10.0 Å². The third-order valence-electron chi connectivity index (χ3n) is 4.61. The fourth-order valence-electron chi connectivity index (χ4n) is 3.33. The number of fused-ring (bicyclic) bond motifs is 1. The molecule has 1 unspecified atom stereocenters. The van der Waals surface area contributed by atoms with Crippen molar-refractivity contribution < 1.29 is 8.42 Å². The van der Waals surface area contributed by atoms with Gasteiger partial charge in [0.1, 0.15) is 0 Å². The molecule has 26 heavy (non-hydrogen) atoms. The monoisotopic (exact) mass is 368 g/mol. The first-order valence-electron chi connectivity index (χ1n) is 8.65. The maximum absolute atomic E-state index is 12.8. The van der Waals surface area contributed by atoms with Gasteiger partial charge in [0.15, 0.2) is 0 Å². The van der Waals surface area contributed by atoms with Gasteiger partial charge in [-0.1, -0.05) is 30.3 Å². The summed E-state index contributed by atoms with van der Waals surface area (Å²) in [6.07, 6.45) is 5.09. The number of hydrogen-bond donors (Lipinski definition) is 1. The summed E-state index contributed by atoms with van der Waals surface area (Å²) in [6.45, 7) is 1.40. The second kappa shape index (κ2) is 7.01. The van der Waals surface area contributed by atoms with Gasteiger partial charge in [0.25, 0.3) is 0 Å². The van der Waals surface area contributed by atoms with E-state index in [-0.39, 0.29) is 6.04 Å². The first-order chi connectivity index (χ1) is 12.6. The van der Waals surface area contributed by atoms with Crippen LogP contribution in [0.2, 0.25) is 0 Å². The molecule has 134 valence electrons. The molecule has 7 heteroatoms. The molecule has 0 saturated carbocycles. The highest BCUT2D eigenvalue weighted by atomic mass is 32.2. The Morgan fingerprint density at radius 3 is 2.58 bits per heavy atom. The van der Waals surface area contributed by atoms with Gasteiger partial charge < -0.3 is 4.90 Å². The molecular formula is C19H20N4O2S. The zero-order valence-corrected chi connectivity index (χ0v) is 15.1. The zero-order chi connectivity index (χ0) is 18.0. The van der Waals surface area contributed by atoms with Crippen LogP contribution in [-0.4, -0.2) is 37.5 Å². The molecule has 3 aromatic rings. The fourth-order valence-corrected chi connectivity index (χ4v) is 4.63. The SMILES string of the molecule is O=S(=O)(NC1CCCN(c2ncccn2)C1)c1ccc2ccccc2c1. The maximum atomic E-state index is 12.8. The molecule has 2 aromatic carbocycles. The third-order valence-corrected chi connectivity index (χ3v) is 6.13. The van der Waals surface area contributed by atoms with Crippen LogP contribution >= 0.6 is 0 Å².